The van der Waals surface area contributed by atoms with Crippen LogP contribution in [-0.2, 0) is 22.6 Å². The monoisotopic (exact) mass is 447 g/mol. The zero-order chi connectivity index (χ0) is 22.2. The number of amides is 2. The van der Waals surface area contributed by atoms with Crippen molar-refractivity contribution in [2.75, 3.05) is 5.32 Å². The van der Waals surface area contributed by atoms with Gasteiger partial charge >= 0.3 is 6.03 Å². The van der Waals surface area contributed by atoms with Crippen LogP contribution in [-0.4, -0.2) is 6.03 Å². The Labute approximate surface area is 195 Å². The lowest BCUT2D eigenvalue weighted by atomic mass is 9.88. The fourth-order valence-electron chi connectivity index (χ4n) is 4.77. The molecular formula is C29H23N2OS+. The van der Waals surface area contributed by atoms with E-state index in [0.29, 0.717) is 0 Å². The maximum absolute atomic E-state index is 12.8. The Bertz CT molecular complexity index is 1410. The maximum atomic E-state index is 12.8. The number of nitrogens with one attached hydrogen (secondary N) is 2. The van der Waals surface area contributed by atoms with Crippen molar-refractivity contribution in [3.63, 3.8) is 0 Å². The molecule has 2 N–H and O–H groups in total. The van der Waals surface area contributed by atoms with Crippen LogP contribution < -0.4 is 10.0 Å². The second-order valence-electron chi connectivity index (χ2n) is 8.35. The molecule has 1 heterocycles. The van der Waals surface area contributed by atoms with Crippen molar-refractivity contribution in [1.82, 2.24) is 4.72 Å². The molecule has 1 aliphatic heterocycles. The summed E-state index contributed by atoms with van der Waals surface area (Å²) in [4.78, 5) is 12.8. The van der Waals surface area contributed by atoms with Gasteiger partial charge in [0.25, 0.3) is 0 Å². The molecule has 0 bridgehead atoms. The normalized spacial score (nSPS) is 13.2. The zero-order valence-corrected chi connectivity index (χ0v) is 18.9. The lowest BCUT2D eigenvalue weighted by Gasteiger charge is -2.14. The number of benzene rings is 5. The molecule has 4 heteroatoms. The summed E-state index contributed by atoms with van der Waals surface area (Å²) < 4.78 is 3.26. The standard InChI is InChI=1S/C29H22N2OS/c32-29(30-24-10-2-1-3-11-24)31-33-18-22-16-14-20-8-4-6-12-25(20)27(22)28-23(19-33)17-15-21-9-5-7-13-26(21)28/h1-17H,18-19H2,(H-,30,31,32)/p+1. The van der Waals surface area contributed by atoms with Crippen molar-refractivity contribution in [1.29, 1.82) is 0 Å². The molecule has 0 aliphatic carbocycles. The van der Waals surface area contributed by atoms with Crippen LogP contribution in [0.5, 0.6) is 0 Å². The van der Waals surface area contributed by atoms with Crippen molar-refractivity contribution in [2.45, 2.75) is 11.5 Å². The third kappa shape index (κ3) is 3.73. The predicted octanol–water partition coefficient (Wildman–Crippen LogP) is 7.03. The van der Waals surface area contributed by atoms with Crippen LogP contribution >= 0.6 is 0 Å². The van der Waals surface area contributed by atoms with Crippen LogP contribution in [0.25, 0.3) is 32.7 Å². The third-order valence-corrected chi connectivity index (χ3v) is 8.00. The fraction of sp³-hybridized carbons (Fsp3) is 0.0690. The van der Waals surface area contributed by atoms with Gasteiger partial charge < -0.3 is 5.32 Å². The van der Waals surface area contributed by atoms with Gasteiger partial charge in [-0.15, -0.1) is 0 Å². The smallest absolute Gasteiger partial charge is 0.305 e. The van der Waals surface area contributed by atoms with Crippen LogP contribution in [0.1, 0.15) is 11.1 Å². The number of anilines is 1. The number of para-hydroxylation sites is 1. The number of rotatable bonds is 2. The quantitative estimate of drug-likeness (QED) is 0.280. The van der Waals surface area contributed by atoms with E-state index in [-0.39, 0.29) is 17.1 Å². The number of fused-ring (bicyclic) bond motifs is 7. The summed E-state index contributed by atoms with van der Waals surface area (Å²) in [6.07, 6.45) is 0. The predicted molar refractivity (Wildman–Crippen MR) is 140 cm³/mol. The highest BCUT2D eigenvalue weighted by molar-refractivity contribution is 7.94. The molecule has 5 aromatic rings. The van der Waals surface area contributed by atoms with Crippen LogP contribution in [0, 0.1) is 0 Å². The van der Waals surface area contributed by atoms with E-state index in [2.05, 4.69) is 82.8 Å². The van der Waals surface area contributed by atoms with Crippen molar-refractivity contribution in [3.8, 4) is 11.1 Å². The number of hydrogen-bond acceptors (Lipinski definition) is 1. The molecule has 3 nitrogen and oxygen atoms in total. The average Bonchev–Trinajstić information content (AvgIpc) is 3.01. The van der Waals surface area contributed by atoms with Crippen molar-refractivity contribution in [3.05, 3.63) is 114 Å². The number of urea groups is 1. The van der Waals surface area contributed by atoms with E-state index in [0.717, 1.165) is 17.2 Å². The Balaban J connectivity index is 1.47. The van der Waals surface area contributed by atoms with Gasteiger partial charge in [0, 0.05) is 16.8 Å². The molecule has 1 aliphatic rings. The van der Waals surface area contributed by atoms with Crippen molar-refractivity contribution < 1.29 is 4.79 Å². The summed E-state index contributed by atoms with van der Waals surface area (Å²) in [5.74, 6) is 1.62. The number of carbonyl (C=O) groups is 1. The summed E-state index contributed by atoms with van der Waals surface area (Å²) in [5, 5.41) is 8.00. The fourth-order valence-corrected chi connectivity index (χ4v) is 6.56. The largest absolute Gasteiger partial charge is 0.360 e. The summed E-state index contributed by atoms with van der Waals surface area (Å²) in [7, 11) is 0. The van der Waals surface area contributed by atoms with Crippen LogP contribution in [0.4, 0.5) is 10.5 Å². The van der Waals surface area contributed by atoms with Crippen LogP contribution in [0.2, 0.25) is 0 Å². The van der Waals surface area contributed by atoms with Gasteiger partial charge in [-0.05, 0) is 44.8 Å². The number of carbonyl (C=O) groups excluding carboxylic acids is 1. The Morgan fingerprint density at radius 2 is 1.12 bits per heavy atom. The number of hydrogen-bond donors (Lipinski definition) is 2. The van der Waals surface area contributed by atoms with Gasteiger partial charge in [0.15, 0.2) is 11.5 Å². The second-order valence-corrected chi connectivity index (χ2v) is 10.1. The third-order valence-electron chi connectivity index (χ3n) is 6.21. The molecule has 0 radical (unpaired) electrons. The molecule has 0 atom stereocenters. The van der Waals surface area contributed by atoms with Gasteiger partial charge in [-0.2, -0.15) is 4.72 Å². The Morgan fingerprint density at radius 1 is 0.606 bits per heavy atom. The summed E-state index contributed by atoms with van der Waals surface area (Å²) in [6, 6.07) is 35.5. The Morgan fingerprint density at radius 3 is 1.70 bits per heavy atom. The van der Waals surface area contributed by atoms with Crippen molar-refractivity contribution in [2.24, 2.45) is 0 Å². The topological polar surface area (TPSA) is 41.1 Å². The highest BCUT2D eigenvalue weighted by Gasteiger charge is 2.32. The van der Waals surface area contributed by atoms with Crippen LogP contribution in [0.3, 0.4) is 0 Å². The molecule has 5 aromatic carbocycles. The van der Waals surface area contributed by atoms with Gasteiger partial charge in [-0.25, -0.2) is 4.79 Å². The van der Waals surface area contributed by atoms with E-state index in [4.69, 9.17) is 0 Å². The molecule has 0 spiro atoms. The maximum Gasteiger partial charge on any atom is 0.360 e. The van der Waals surface area contributed by atoms with E-state index < -0.39 is 0 Å². The van der Waals surface area contributed by atoms with E-state index in [9.17, 15) is 4.79 Å². The molecule has 0 unspecified atom stereocenters. The van der Waals surface area contributed by atoms with Crippen molar-refractivity contribution >= 4 is 44.3 Å². The first-order valence-corrected chi connectivity index (χ1v) is 12.6. The second kappa shape index (κ2) is 8.30. The Kier molecular flexibility index (Phi) is 5.00. The molecule has 160 valence electrons. The van der Waals surface area contributed by atoms with E-state index >= 15 is 0 Å². The molecule has 0 aromatic heterocycles. The molecule has 33 heavy (non-hydrogen) atoms. The first-order valence-electron chi connectivity index (χ1n) is 11.1. The lowest BCUT2D eigenvalue weighted by Crippen LogP contribution is -2.36. The summed E-state index contributed by atoms with van der Waals surface area (Å²) in [5.41, 5.74) is 5.98. The van der Waals surface area contributed by atoms with E-state index in [1.54, 1.807) is 0 Å². The molecular weight excluding hydrogens is 424 g/mol. The highest BCUT2D eigenvalue weighted by atomic mass is 32.2. The minimum Gasteiger partial charge on any atom is -0.305 e. The zero-order valence-electron chi connectivity index (χ0n) is 18.0. The minimum atomic E-state index is -0.336. The van der Waals surface area contributed by atoms with E-state index in [1.165, 1.54) is 43.8 Å². The molecule has 0 saturated heterocycles. The lowest BCUT2D eigenvalue weighted by molar-refractivity contribution is 0.257. The summed E-state index contributed by atoms with van der Waals surface area (Å²) in [6.45, 7) is 0. The SMILES string of the molecule is O=C(Nc1ccccc1)N[S+]1Cc2ccc3ccccc3c2-c2c(ccc3ccccc23)C1. The molecule has 0 fully saturated rings. The van der Waals surface area contributed by atoms with Gasteiger partial charge in [-0.3, -0.25) is 0 Å². The van der Waals surface area contributed by atoms with Gasteiger partial charge in [0.1, 0.15) is 11.1 Å². The Hall–Kier alpha value is -3.76. The van der Waals surface area contributed by atoms with E-state index in [1.807, 2.05) is 30.3 Å². The molecule has 0 saturated carbocycles. The van der Waals surface area contributed by atoms with Gasteiger partial charge in [0.2, 0.25) is 0 Å². The first kappa shape index (κ1) is 19.9. The first-order chi connectivity index (χ1) is 16.3. The summed E-state index contributed by atoms with van der Waals surface area (Å²) >= 11 is -0.336. The minimum absolute atomic E-state index is 0.156. The van der Waals surface area contributed by atoms with Gasteiger partial charge in [-0.1, -0.05) is 91.0 Å². The highest BCUT2D eigenvalue weighted by Crippen LogP contribution is 2.42. The van der Waals surface area contributed by atoms with Gasteiger partial charge in [0.05, 0.1) is 0 Å². The molecule has 6 rings (SSSR count). The molecule has 2 amide bonds. The van der Waals surface area contributed by atoms with Crippen LogP contribution in [0.15, 0.2) is 103 Å². The average molecular weight is 448 g/mol.